The second kappa shape index (κ2) is 4.89. The molecule has 1 aromatic rings. The number of phenols is 1. The maximum absolute atomic E-state index is 11.9. The minimum Gasteiger partial charge on any atom is -0.508 e. The third kappa shape index (κ3) is 3.31. The molecular weight excluding hydrogens is 260 g/mol. The molecule has 0 radical (unpaired) electrons. The third-order valence-electron chi connectivity index (χ3n) is 2.24. The Morgan fingerprint density at radius 1 is 1.53 bits per heavy atom. The molecule has 6 heteroatoms. The van der Waals surface area contributed by atoms with Crippen molar-refractivity contribution in [1.29, 1.82) is 0 Å². The minimum atomic E-state index is -0.818. The molecule has 4 N–H and O–H groups in total. The molecule has 92 valence electrons. The summed E-state index contributed by atoms with van der Waals surface area (Å²) in [4.78, 5) is 12.1. The Morgan fingerprint density at radius 3 is 2.65 bits per heavy atom. The van der Waals surface area contributed by atoms with Gasteiger partial charge >= 0.3 is 0 Å². The Morgan fingerprint density at radius 2 is 2.12 bits per heavy atom. The summed E-state index contributed by atoms with van der Waals surface area (Å²) in [7, 11) is 0. The molecule has 0 bridgehead atoms. The molecule has 0 aliphatic carbocycles. The number of carbonyl (C=O) groups is 1. The largest absolute Gasteiger partial charge is 0.508 e. The standard InChI is InChI=1S/C11H13ClN2O2S/c1-11(2,10(13)17)14-9(16)7-5-6(15)3-4-8(7)12/h3-5,15H,1-2H3,(H2,13,17)(H,14,16). The summed E-state index contributed by atoms with van der Waals surface area (Å²) in [5.41, 5.74) is 4.86. The van der Waals surface area contributed by atoms with Crippen molar-refractivity contribution in [3.05, 3.63) is 28.8 Å². The van der Waals surface area contributed by atoms with Gasteiger partial charge in [0.15, 0.2) is 0 Å². The zero-order valence-electron chi connectivity index (χ0n) is 9.45. The van der Waals surface area contributed by atoms with E-state index in [1.165, 1.54) is 18.2 Å². The summed E-state index contributed by atoms with van der Waals surface area (Å²) in [6.45, 7) is 3.37. The van der Waals surface area contributed by atoms with Crippen LogP contribution in [0.15, 0.2) is 18.2 Å². The van der Waals surface area contributed by atoms with Gasteiger partial charge in [0.2, 0.25) is 0 Å². The van der Waals surface area contributed by atoms with E-state index in [0.29, 0.717) is 0 Å². The number of halogens is 1. The number of benzene rings is 1. The van der Waals surface area contributed by atoms with Crippen molar-refractivity contribution in [3.8, 4) is 5.75 Å². The van der Waals surface area contributed by atoms with Gasteiger partial charge in [-0.25, -0.2) is 0 Å². The lowest BCUT2D eigenvalue weighted by atomic mass is 10.0. The minimum absolute atomic E-state index is 0.0346. The Bertz CT molecular complexity index is 475. The molecule has 0 saturated carbocycles. The van der Waals surface area contributed by atoms with Crippen molar-refractivity contribution in [2.24, 2.45) is 5.73 Å². The predicted molar refractivity (Wildman–Crippen MR) is 71.4 cm³/mol. The van der Waals surface area contributed by atoms with Gasteiger partial charge in [0, 0.05) is 0 Å². The van der Waals surface area contributed by atoms with Crippen LogP contribution >= 0.6 is 23.8 Å². The molecule has 0 aliphatic rings. The number of nitrogens with two attached hydrogens (primary N) is 1. The number of thiocarbonyl (C=S) groups is 1. The van der Waals surface area contributed by atoms with E-state index >= 15 is 0 Å². The highest BCUT2D eigenvalue weighted by atomic mass is 35.5. The highest BCUT2D eigenvalue weighted by Crippen LogP contribution is 2.21. The van der Waals surface area contributed by atoms with Gasteiger partial charge in [0.25, 0.3) is 5.91 Å². The summed E-state index contributed by atoms with van der Waals surface area (Å²) in [5.74, 6) is -0.476. The van der Waals surface area contributed by atoms with Crippen LogP contribution in [-0.4, -0.2) is 21.5 Å². The first-order chi connectivity index (χ1) is 7.74. The van der Waals surface area contributed by atoms with E-state index in [1.54, 1.807) is 13.8 Å². The Labute approximate surface area is 110 Å². The van der Waals surface area contributed by atoms with E-state index in [4.69, 9.17) is 29.6 Å². The second-order valence-electron chi connectivity index (χ2n) is 4.11. The summed E-state index contributed by atoms with van der Waals surface area (Å²) < 4.78 is 0. The number of rotatable bonds is 3. The number of nitrogens with one attached hydrogen (secondary N) is 1. The van der Waals surface area contributed by atoms with E-state index in [1.807, 2.05) is 0 Å². The predicted octanol–water partition coefficient (Wildman–Crippen LogP) is 1.84. The quantitative estimate of drug-likeness (QED) is 0.734. The molecule has 0 heterocycles. The molecule has 1 rings (SSSR count). The molecule has 0 aromatic heterocycles. The molecule has 4 nitrogen and oxygen atoms in total. The molecule has 17 heavy (non-hydrogen) atoms. The fourth-order valence-corrected chi connectivity index (χ4v) is 1.35. The Kier molecular flexibility index (Phi) is 3.95. The van der Waals surface area contributed by atoms with Crippen LogP contribution in [-0.2, 0) is 0 Å². The molecule has 0 atom stereocenters. The molecule has 0 fully saturated rings. The zero-order valence-corrected chi connectivity index (χ0v) is 11.0. The topological polar surface area (TPSA) is 75.3 Å². The van der Waals surface area contributed by atoms with E-state index < -0.39 is 11.4 Å². The number of hydrogen-bond acceptors (Lipinski definition) is 3. The first-order valence-corrected chi connectivity index (χ1v) is 5.63. The first-order valence-electron chi connectivity index (χ1n) is 4.85. The van der Waals surface area contributed by atoms with Crippen LogP contribution in [0.25, 0.3) is 0 Å². The number of aromatic hydroxyl groups is 1. The van der Waals surface area contributed by atoms with Crippen LogP contribution in [0, 0.1) is 0 Å². The van der Waals surface area contributed by atoms with Gasteiger partial charge in [-0.3, -0.25) is 4.79 Å². The van der Waals surface area contributed by atoms with Crippen molar-refractivity contribution in [1.82, 2.24) is 5.32 Å². The highest BCUT2D eigenvalue weighted by molar-refractivity contribution is 7.80. The lowest BCUT2D eigenvalue weighted by molar-refractivity contribution is 0.0932. The monoisotopic (exact) mass is 272 g/mol. The number of amides is 1. The van der Waals surface area contributed by atoms with E-state index in [-0.39, 0.29) is 21.3 Å². The van der Waals surface area contributed by atoms with Gasteiger partial charge in [0.05, 0.1) is 21.1 Å². The first kappa shape index (κ1) is 13.7. The van der Waals surface area contributed by atoms with Crippen molar-refractivity contribution >= 4 is 34.7 Å². The normalized spacial score (nSPS) is 11.0. The van der Waals surface area contributed by atoms with E-state index in [2.05, 4.69) is 5.32 Å². The maximum Gasteiger partial charge on any atom is 0.253 e. The summed E-state index contributed by atoms with van der Waals surface area (Å²) in [6.07, 6.45) is 0. The Balaban J connectivity index is 2.98. The molecule has 0 spiro atoms. The number of phenolic OH excluding ortho intramolecular Hbond substituents is 1. The lowest BCUT2D eigenvalue weighted by Crippen LogP contribution is -2.52. The van der Waals surface area contributed by atoms with Crippen molar-refractivity contribution in [2.75, 3.05) is 0 Å². The van der Waals surface area contributed by atoms with Gasteiger partial charge in [-0.15, -0.1) is 0 Å². The zero-order chi connectivity index (χ0) is 13.2. The second-order valence-corrected chi connectivity index (χ2v) is 4.95. The number of carbonyl (C=O) groups excluding carboxylic acids is 1. The average molecular weight is 273 g/mol. The van der Waals surface area contributed by atoms with Crippen molar-refractivity contribution in [2.45, 2.75) is 19.4 Å². The maximum atomic E-state index is 11.9. The molecule has 0 aliphatic heterocycles. The van der Waals surface area contributed by atoms with Crippen LogP contribution in [0.4, 0.5) is 0 Å². The van der Waals surface area contributed by atoms with Crippen molar-refractivity contribution in [3.63, 3.8) is 0 Å². The Hall–Kier alpha value is -1.33. The summed E-state index contributed by atoms with van der Waals surface area (Å²) in [6, 6.07) is 4.13. The van der Waals surface area contributed by atoms with E-state index in [0.717, 1.165) is 0 Å². The van der Waals surface area contributed by atoms with Crippen LogP contribution in [0.1, 0.15) is 24.2 Å². The van der Waals surface area contributed by atoms with Crippen LogP contribution in [0.3, 0.4) is 0 Å². The highest BCUT2D eigenvalue weighted by Gasteiger charge is 2.25. The van der Waals surface area contributed by atoms with Crippen LogP contribution in [0.5, 0.6) is 5.75 Å². The van der Waals surface area contributed by atoms with E-state index in [9.17, 15) is 9.90 Å². The van der Waals surface area contributed by atoms with Gasteiger partial charge in [0.1, 0.15) is 5.75 Å². The molecule has 0 unspecified atom stereocenters. The lowest BCUT2D eigenvalue weighted by Gasteiger charge is -2.25. The SMILES string of the molecule is CC(C)(NC(=O)c1cc(O)ccc1Cl)C(N)=S. The van der Waals surface area contributed by atoms with Crippen molar-refractivity contribution < 1.29 is 9.90 Å². The van der Waals surface area contributed by atoms with Gasteiger partial charge in [-0.05, 0) is 32.0 Å². The molecular formula is C11H13ClN2O2S. The van der Waals surface area contributed by atoms with Crippen LogP contribution in [0.2, 0.25) is 5.02 Å². The van der Waals surface area contributed by atoms with Gasteiger partial charge in [-0.1, -0.05) is 23.8 Å². The third-order valence-corrected chi connectivity index (χ3v) is 3.08. The fraction of sp³-hybridized carbons (Fsp3) is 0.273. The summed E-state index contributed by atoms with van der Waals surface area (Å²) in [5, 5.41) is 12.2. The fourth-order valence-electron chi connectivity index (χ4n) is 1.10. The molecule has 0 saturated heterocycles. The number of hydrogen-bond donors (Lipinski definition) is 3. The molecule has 1 amide bonds. The molecule has 1 aromatic carbocycles. The smallest absolute Gasteiger partial charge is 0.253 e. The average Bonchev–Trinajstić information content (AvgIpc) is 2.20. The summed E-state index contributed by atoms with van der Waals surface area (Å²) >= 11 is 10.7. The van der Waals surface area contributed by atoms with Crippen LogP contribution < -0.4 is 11.1 Å². The van der Waals surface area contributed by atoms with Gasteiger partial charge < -0.3 is 16.2 Å². The van der Waals surface area contributed by atoms with Gasteiger partial charge in [-0.2, -0.15) is 0 Å².